The van der Waals surface area contributed by atoms with E-state index in [9.17, 15) is 9.90 Å². The number of piperidine rings is 1. The van der Waals surface area contributed by atoms with Crippen LogP contribution >= 0.6 is 80.6 Å². The SMILES string of the molecule is Br.Br.C[N+]1(C)[C@@H]2CC(OC(=O)C(O)(c3cccs3)c3cccs3)C[C@H]1[C@@H]1O[C@@H]12.I. The third-order valence-corrected chi connectivity index (χ3v) is 8.32. The second-order valence-corrected chi connectivity index (χ2v) is 9.89. The number of fused-ring (bicyclic) bond motifs is 5. The summed E-state index contributed by atoms with van der Waals surface area (Å²) in [6.45, 7) is 0. The maximum Gasteiger partial charge on any atom is 0.349 e. The second kappa shape index (κ2) is 9.13. The minimum absolute atomic E-state index is 0. The van der Waals surface area contributed by atoms with E-state index in [2.05, 4.69) is 14.1 Å². The Hall–Kier alpha value is 0.440. The van der Waals surface area contributed by atoms with Crippen LogP contribution in [-0.2, 0) is 19.9 Å². The molecule has 2 aromatic rings. The molecule has 0 aromatic carbocycles. The lowest BCUT2D eigenvalue weighted by Crippen LogP contribution is -2.60. The fourth-order valence-corrected chi connectivity index (χ4v) is 6.54. The van der Waals surface area contributed by atoms with Crippen molar-refractivity contribution in [2.45, 2.75) is 48.8 Å². The van der Waals surface area contributed by atoms with Crippen molar-refractivity contribution in [3.63, 3.8) is 0 Å². The van der Waals surface area contributed by atoms with Gasteiger partial charge < -0.3 is 19.1 Å². The first-order chi connectivity index (χ1) is 12.4. The molecule has 3 saturated heterocycles. The molecule has 162 valence electrons. The zero-order valence-electron chi connectivity index (χ0n) is 15.9. The van der Waals surface area contributed by atoms with Crippen molar-refractivity contribution in [3.8, 4) is 0 Å². The first kappa shape index (κ1) is 25.7. The van der Waals surface area contributed by atoms with Crippen LogP contribution in [0, 0.1) is 0 Å². The number of halogens is 3. The summed E-state index contributed by atoms with van der Waals surface area (Å²) in [5.74, 6) is -0.561. The molecule has 1 unspecified atom stereocenters. The van der Waals surface area contributed by atoms with E-state index in [0.717, 1.165) is 17.3 Å². The van der Waals surface area contributed by atoms with Gasteiger partial charge in [-0.2, -0.15) is 0 Å². The Morgan fingerprint density at radius 2 is 1.59 bits per heavy atom. The third kappa shape index (κ3) is 4.01. The molecule has 0 spiro atoms. The number of rotatable bonds is 4. The lowest BCUT2D eigenvalue weighted by atomic mass is 9.95. The number of likely N-dealkylation sites (N-methyl/N-ethyl adjacent to an activating group) is 1. The molecular formula is C19H25Br2INO4S2+. The molecule has 3 aliphatic heterocycles. The predicted molar refractivity (Wildman–Crippen MR) is 135 cm³/mol. The molecule has 0 aliphatic carbocycles. The van der Waals surface area contributed by atoms with Crippen molar-refractivity contribution in [1.82, 2.24) is 0 Å². The number of carbonyl (C=O) groups excluding carboxylic acids is 1. The van der Waals surface area contributed by atoms with Crippen LogP contribution in [0.2, 0.25) is 0 Å². The van der Waals surface area contributed by atoms with E-state index in [4.69, 9.17) is 9.47 Å². The van der Waals surface area contributed by atoms with Gasteiger partial charge >= 0.3 is 5.97 Å². The van der Waals surface area contributed by atoms with Gasteiger partial charge in [-0.15, -0.1) is 80.6 Å². The van der Waals surface area contributed by atoms with Crippen LogP contribution in [-0.4, -0.2) is 60.0 Å². The Morgan fingerprint density at radius 3 is 2.00 bits per heavy atom. The molecule has 1 N–H and O–H groups in total. The predicted octanol–water partition coefficient (Wildman–Crippen LogP) is 4.12. The van der Waals surface area contributed by atoms with Gasteiger partial charge in [0.25, 0.3) is 0 Å². The van der Waals surface area contributed by atoms with Gasteiger partial charge in [0.2, 0.25) is 5.60 Å². The summed E-state index contributed by atoms with van der Waals surface area (Å²) >= 11 is 2.74. The first-order valence-electron chi connectivity index (χ1n) is 8.92. The van der Waals surface area contributed by atoms with Gasteiger partial charge in [-0.25, -0.2) is 4.79 Å². The molecule has 3 fully saturated rings. The monoisotopic (exact) mass is 680 g/mol. The lowest BCUT2D eigenvalue weighted by molar-refractivity contribution is -0.938. The van der Waals surface area contributed by atoms with Gasteiger partial charge in [-0.1, -0.05) is 12.1 Å². The number of hydrogen-bond donors (Lipinski definition) is 1. The van der Waals surface area contributed by atoms with E-state index in [1.807, 2.05) is 22.9 Å². The Bertz CT molecular complexity index is 779. The van der Waals surface area contributed by atoms with Crippen LogP contribution in [0.1, 0.15) is 22.6 Å². The topological polar surface area (TPSA) is 59.1 Å². The Labute approximate surface area is 216 Å². The van der Waals surface area contributed by atoms with E-state index < -0.39 is 11.6 Å². The van der Waals surface area contributed by atoms with Crippen LogP contribution in [0.3, 0.4) is 0 Å². The summed E-state index contributed by atoms with van der Waals surface area (Å²) in [6.07, 6.45) is 2.05. The number of epoxide rings is 1. The van der Waals surface area contributed by atoms with Crippen LogP contribution < -0.4 is 0 Å². The Balaban J connectivity index is 0.000001000. The average Bonchev–Trinajstić information content (AvgIpc) is 2.98. The van der Waals surface area contributed by atoms with Crippen LogP contribution in [0.5, 0.6) is 0 Å². The number of quaternary nitrogens is 1. The molecule has 5 heterocycles. The van der Waals surface area contributed by atoms with E-state index in [-0.39, 0.29) is 64.0 Å². The molecule has 0 saturated carbocycles. The molecule has 5 rings (SSSR count). The molecule has 0 amide bonds. The number of ether oxygens (including phenoxy) is 2. The van der Waals surface area contributed by atoms with Gasteiger partial charge in [0.05, 0.1) is 23.8 Å². The molecule has 3 aliphatic rings. The molecule has 5 atom stereocenters. The zero-order chi connectivity index (χ0) is 18.1. The van der Waals surface area contributed by atoms with Crippen LogP contribution in [0.25, 0.3) is 0 Å². The second-order valence-electron chi connectivity index (χ2n) is 7.99. The van der Waals surface area contributed by atoms with Gasteiger partial charge in [0, 0.05) is 12.8 Å². The summed E-state index contributed by atoms with van der Waals surface area (Å²) in [6, 6.07) is 8.01. The van der Waals surface area contributed by atoms with Crippen LogP contribution in [0.15, 0.2) is 35.0 Å². The van der Waals surface area contributed by atoms with Crippen molar-refractivity contribution < 1.29 is 23.9 Å². The van der Waals surface area contributed by atoms with Gasteiger partial charge in [-0.3, -0.25) is 0 Å². The number of esters is 1. The Kier molecular flexibility index (Phi) is 8.09. The standard InChI is InChI=1S/C19H22NO4S2.2BrH.HI/c1-20(2)12-9-11(10-13(20)17-16(12)24-17)23-18(21)19(22,14-5-3-7-25-14)15-6-4-8-26-15;;;/h3-8,11-13,16-17,22H,9-10H2,1-2H3;3*1H/q+1;;;/t11?,12-,13+,16-,17+;;;. The molecule has 29 heavy (non-hydrogen) atoms. The van der Waals surface area contributed by atoms with Gasteiger partial charge in [0.1, 0.15) is 30.4 Å². The highest BCUT2D eigenvalue weighted by atomic mass is 127. The summed E-state index contributed by atoms with van der Waals surface area (Å²) in [4.78, 5) is 14.3. The first-order valence-corrected chi connectivity index (χ1v) is 10.7. The number of carbonyl (C=O) groups is 1. The lowest BCUT2D eigenvalue weighted by Gasteiger charge is -2.45. The van der Waals surface area contributed by atoms with Crippen LogP contribution in [0.4, 0.5) is 0 Å². The fraction of sp³-hybridized carbons (Fsp3) is 0.526. The van der Waals surface area contributed by atoms with E-state index in [0.29, 0.717) is 34.0 Å². The van der Waals surface area contributed by atoms with Crippen molar-refractivity contribution in [1.29, 1.82) is 0 Å². The summed E-state index contributed by atoms with van der Waals surface area (Å²) in [5, 5.41) is 15.1. The summed E-state index contributed by atoms with van der Waals surface area (Å²) < 4.78 is 12.6. The molecule has 0 radical (unpaired) electrons. The number of nitrogens with zero attached hydrogens (tertiary/aromatic N) is 1. The maximum absolute atomic E-state index is 13.1. The zero-order valence-corrected chi connectivity index (χ0v) is 23.3. The highest BCUT2D eigenvalue weighted by Gasteiger charge is 2.71. The molecule has 10 heteroatoms. The number of thiophene rings is 2. The van der Waals surface area contributed by atoms with Gasteiger partial charge in [-0.05, 0) is 22.9 Å². The number of hydrogen-bond acceptors (Lipinski definition) is 6. The highest BCUT2D eigenvalue weighted by Crippen LogP contribution is 2.52. The van der Waals surface area contributed by atoms with Crippen molar-refractivity contribution in [3.05, 3.63) is 44.8 Å². The number of aliphatic hydroxyl groups is 1. The third-order valence-electron chi connectivity index (χ3n) is 6.36. The smallest absolute Gasteiger partial charge is 0.349 e. The molecule has 5 nitrogen and oxygen atoms in total. The summed E-state index contributed by atoms with van der Waals surface area (Å²) in [7, 11) is 4.49. The molecule has 2 bridgehead atoms. The average molecular weight is 682 g/mol. The highest BCUT2D eigenvalue weighted by molar-refractivity contribution is 14.0. The van der Waals surface area contributed by atoms with E-state index >= 15 is 0 Å². The molecule has 2 aromatic heterocycles. The van der Waals surface area contributed by atoms with Crippen molar-refractivity contribution >= 4 is 86.6 Å². The minimum atomic E-state index is -1.72. The van der Waals surface area contributed by atoms with Crippen molar-refractivity contribution in [2.24, 2.45) is 0 Å². The summed E-state index contributed by atoms with van der Waals surface area (Å²) in [5.41, 5.74) is -1.72. The fourth-order valence-electron chi connectivity index (χ4n) is 4.83. The normalized spacial score (nSPS) is 30.8. The quantitative estimate of drug-likeness (QED) is 0.229. The largest absolute Gasteiger partial charge is 0.459 e. The van der Waals surface area contributed by atoms with Crippen molar-refractivity contribution in [2.75, 3.05) is 14.1 Å². The Morgan fingerprint density at radius 1 is 1.10 bits per heavy atom. The minimum Gasteiger partial charge on any atom is -0.459 e. The number of morpholine rings is 1. The van der Waals surface area contributed by atoms with Gasteiger partial charge in [0.15, 0.2) is 0 Å². The van der Waals surface area contributed by atoms with E-state index in [1.165, 1.54) is 22.7 Å². The van der Waals surface area contributed by atoms with E-state index in [1.54, 1.807) is 12.1 Å². The maximum atomic E-state index is 13.1. The molecular weight excluding hydrogens is 657 g/mol.